The third-order valence-electron chi connectivity index (χ3n) is 5.69. The average molecular weight is 394 g/mol. The Morgan fingerprint density at radius 3 is 2.22 bits per heavy atom. The Balaban J connectivity index is 1.47. The number of carbonyl (C=O) groups is 2. The van der Waals surface area contributed by atoms with E-state index < -0.39 is 39.8 Å². The van der Waals surface area contributed by atoms with Crippen LogP contribution < -0.4 is 5.32 Å². The predicted molar refractivity (Wildman–Crippen MR) is 95.6 cm³/mol. The fourth-order valence-electron chi connectivity index (χ4n) is 4.34. The van der Waals surface area contributed by atoms with Crippen molar-refractivity contribution >= 4 is 27.6 Å². The largest absolute Gasteiger partial charge is 0.481 e. The van der Waals surface area contributed by atoms with Crippen LogP contribution in [-0.2, 0) is 24.3 Å². The number of sulfonamides is 1. The summed E-state index contributed by atoms with van der Waals surface area (Å²) < 4.78 is 32.2. The normalized spacial score (nSPS) is 30.5. The smallest absolute Gasteiger partial charge is 0.310 e. The number of anilines is 1. The highest BCUT2D eigenvalue weighted by Gasteiger charge is 2.55. The standard InChI is InChI=1S/C18H22N2O6S/c21-17(15-13-7-8-14(26-13)16(15)18(22)23)19-11-3-5-12(6-4-11)27(24,25)20-9-1-2-10-20/h3-6,13-16H,1-2,7-10H2,(H,19,21)(H,22,23)/t13-,14-,15+,16-/m1/s1. The summed E-state index contributed by atoms with van der Waals surface area (Å²) in [7, 11) is -3.50. The zero-order valence-corrected chi connectivity index (χ0v) is 15.5. The molecule has 0 saturated carbocycles. The molecule has 0 unspecified atom stereocenters. The van der Waals surface area contributed by atoms with E-state index in [4.69, 9.17) is 4.74 Å². The molecule has 2 N–H and O–H groups in total. The number of rotatable bonds is 5. The van der Waals surface area contributed by atoms with Gasteiger partial charge in [0.15, 0.2) is 0 Å². The van der Waals surface area contributed by atoms with Gasteiger partial charge in [-0.15, -0.1) is 0 Å². The molecule has 146 valence electrons. The van der Waals surface area contributed by atoms with E-state index in [0.29, 0.717) is 31.6 Å². The molecule has 0 spiro atoms. The van der Waals surface area contributed by atoms with Gasteiger partial charge in [0.2, 0.25) is 15.9 Å². The van der Waals surface area contributed by atoms with Crippen LogP contribution in [-0.4, -0.2) is 55.0 Å². The van der Waals surface area contributed by atoms with Crippen molar-refractivity contribution in [2.75, 3.05) is 18.4 Å². The SMILES string of the molecule is O=C(Nc1ccc(S(=O)(=O)N2CCCC2)cc1)[C@@H]1[C@H](C(=O)O)[C@H]2CC[C@H]1O2. The molecule has 3 saturated heterocycles. The molecule has 0 aromatic heterocycles. The van der Waals surface area contributed by atoms with Gasteiger partial charge in [-0.1, -0.05) is 0 Å². The van der Waals surface area contributed by atoms with Crippen LogP contribution in [0, 0.1) is 11.8 Å². The average Bonchev–Trinajstić information content (AvgIpc) is 3.38. The van der Waals surface area contributed by atoms with Crippen molar-refractivity contribution in [3.63, 3.8) is 0 Å². The molecule has 1 amide bonds. The molecular weight excluding hydrogens is 372 g/mol. The van der Waals surface area contributed by atoms with E-state index in [0.717, 1.165) is 12.8 Å². The molecule has 9 heteroatoms. The fraction of sp³-hybridized carbons (Fsp3) is 0.556. The molecule has 1 aromatic carbocycles. The number of hydrogen-bond acceptors (Lipinski definition) is 5. The summed E-state index contributed by atoms with van der Waals surface area (Å²) >= 11 is 0. The highest BCUT2D eigenvalue weighted by atomic mass is 32.2. The minimum Gasteiger partial charge on any atom is -0.481 e. The van der Waals surface area contributed by atoms with Crippen molar-refractivity contribution in [1.82, 2.24) is 4.31 Å². The molecule has 2 bridgehead atoms. The van der Waals surface area contributed by atoms with Crippen LogP contribution in [0.4, 0.5) is 5.69 Å². The number of carboxylic acid groups (broad SMARTS) is 1. The van der Waals surface area contributed by atoms with E-state index in [9.17, 15) is 23.1 Å². The molecule has 0 radical (unpaired) electrons. The van der Waals surface area contributed by atoms with Crippen molar-refractivity contribution in [2.45, 2.75) is 42.8 Å². The Labute approximate surface area is 157 Å². The number of nitrogens with one attached hydrogen (secondary N) is 1. The molecule has 3 aliphatic heterocycles. The minimum absolute atomic E-state index is 0.189. The number of amides is 1. The predicted octanol–water partition coefficient (Wildman–Crippen LogP) is 1.29. The van der Waals surface area contributed by atoms with Crippen molar-refractivity contribution in [3.8, 4) is 0 Å². The first-order valence-electron chi connectivity index (χ1n) is 9.17. The van der Waals surface area contributed by atoms with Gasteiger partial charge in [-0.05, 0) is 49.9 Å². The molecule has 8 nitrogen and oxygen atoms in total. The number of benzene rings is 1. The number of carboxylic acids is 1. The zero-order valence-electron chi connectivity index (χ0n) is 14.7. The summed E-state index contributed by atoms with van der Waals surface area (Å²) in [5.74, 6) is -2.98. The molecule has 3 aliphatic rings. The van der Waals surface area contributed by atoms with Gasteiger partial charge in [0.25, 0.3) is 0 Å². The molecule has 4 rings (SSSR count). The van der Waals surface area contributed by atoms with E-state index in [1.807, 2.05) is 0 Å². The summed E-state index contributed by atoms with van der Waals surface area (Å²) in [6.45, 7) is 1.06. The van der Waals surface area contributed by atoms with Gasteiger partial charge in [-0.3, -0.25) is 9.59 Å². The lowest BCUT2D eigenvalue weighted by Gasteiger charge is -2.24. The second-order valence-corrected chi connectivity index (χ2v) is 9.24. The van der Waals surface area contributed by atoms with Gasteiger partial charge in [0, 0.05) is 18.8 Å². The lowest BCUT2D eigenvalue weighted by atomic mass is 9.78. The number of nitrogens with zero attached hydrogens (tertiary/aromatic N) is 1. The first-order valence-corrected chi connectivity index (χ1v) is 10.6. The minimum atomic E-state index is -3.50. The number of ether oxygens (including phenoxy) is 1. The third-order valence-corrected chi connectivity index (χ3v) is 7.60. The first kappa shape index (κ1) is 18.4. The number of hydrogen-bond donors (Lipinski definition) is 2. The molecule has 27 heavy (non-hydrogen) atoms. The van der Waals surface area contributed by atoms with Crippen LogP contribution in [0.15, 0.2) is 29.2 Å². The number of aliphatic carboxylic acids is 1. The Kier molecular flexibility index (Phi) is 4.69. The van der Waals surface area contributed by atoms with Crippen LogP contribution in [0.1, 0.15) is 25.7 Å². The quantitative estimate of drug-likeness (QED) is 0.778. The van der Waals surface area contributed by atoms with Crippen molar-refractivity contribution < 1.29 is 27.9 Å². The third kappa shape index (κ3) is 3.24. The summed E-state index contributed by atoms with van der Waals surface area (Å²) in [5.41, 5.74) is 0.437. The Bertz CT molecular complexity index is 847. The van der Waals surface area contributed by atoms with E-state index >= 15 is 0 Å². The fourth-order valence-corrected chi connectivity index (χ4v) is 5.86. The topological polar surface area (TPSA) is 113 Å². The maximum absolute atomic E-state index is 12.6. The van der Waals surface area contributed by atoms with Crippen LogP contribution in [0.3, 0.4) is 0 Å². The summed E-state index contributed by atoms with van der Waals surface area (Å²) in [4.78, 5) is 24.3. The van der Waals surface area contributed by atoms with E-state index in [-0.39, 0.29) is 11.0 Å². The Hall–Kier alpha value is -1.97. The second kappa shape index (κ2) is 6.88. The highest BCUT2D eigenvalue weighted by molar-refractivity contribution is 7.89. The maximum Gasteiger partial charge on any atom is 0.310 e. The summed E-state index contributed by atoms with van der Waals surface area (Å²) in [5, 5.41) is 12.1. The van der Waals surface area contributed by atoms with Crippen LogP contribution in [0.5, 0.6) is 0 Å². The molecule has 1 aromatic rings. The zero-order chi connectivity index (χ0) is 19.2. The first-order chi connectivity index (χ1) is 12.9. The van der Waals surface area contributed by atoms with Gasteiger partial charge in [-0.2, -0.15) is 4.31 Å². The summed E-state index contributed by atoms with van der Waals surface area (Å²) in [6, 6.07) is 6.00. The van der Waals surface area contributed by atoms with Crippen LogP contribution in [0.2, 0.25) is 0 Å². The van der Waals surface area contributed by atoms with Crippen molar-refractivity contribution in [3.05, 3.63) is 24.3 Å². The molecular formula is C18H22N2O6S. The van der Waals surface area contributed by atoms with Gasteiger partial charge >= 0.3 is 5.97 Å². The van der Waals surface area contributed by atoms with Gasteiger partial charge in [0.05, 0.1) is 28.9 Å². The van der Waals surface area contributed by atoms with E-state index in [1.165, 1.54) is 28.6 Å². The maximum atomic E-state index is 12.6. The van der Waals surface area contributed by atoms with Gasteiger partial charge in [0.1, 0.15) is 0 Å². The van der Waals surface area contributed by atoms with E-state index in [2.05, 4.69) is 5.32 Å². The van der Waals surface area contributed by atoms with Crippen LogP contribution >= 0.6 is 0 Å². The van der Waals surface area contributed by atoms with Gasteiger partial charge < -0.3 is 15.2 Å². The number of fused-ring (bicyclic) bond motifs is 2. The van der Waals surface area contributed by atoms with Crippen molar-refractivity contribution in [2.24, 2.45) is 11.8 Å². The summed E-state index contributed by atoms with van der Waals surface area (Å²) in [6.07, 6.45) is 2.30. The molecule has 3 fully saturated rings. The van der Waals surface area contributed by atoms with E-state index in [1.54, 1.807) is 0 Å². The second-order valence-electron chi connectivity index (χ2n) is 7.30. The monoisotopic (exact) mass is 394 g/mol. The highest BCUT2D eigenvalue weighted by Crippen LogP contribution is 2.44. The molecule has 3 heterocycles. The van der Waals surface area contributed by atoms with Gasteiger partial charge in [-0.25, -0.2) is 8.42 Å². The lowest BCUT2D eigenvalue weighted by molar-refractivity contribution is -0.147. The Morgan fingerprint density at radius 1 is 1.04 bits per heavy atom. The van der Waals surface area contributed by atoms with Crippen LogP contribution in [0.25, 0.3) is 0 Å². The Morgan fingerprint density at radius 2 is 1.63 bits per heavy atom. The number of carbonyl (C=O) groups excluding carboxylic acids is 1. The molecule has 0 aliphatic carbocycles. The molecule has 4 atom stereocenters. The lowest BCUT2D eigenvalue weighted by Crippen LogP contribution is -2.40. The van der Waals surface area contributed by atoms with Crippen molar-refractivity contribution in [1.29, 1.82) is 0 Å².